The van der Waals surface area contributed by atoms with Crippen molar-refractivity contribution in [3.8, 4) is 0 Å². The van der Waals surface area contributed by atoms with E-state index in [9.17, 15) is 0 Å². The van der Waals surface area contributed by atoms with Crippen LogP contribution in [-0.4, -0.2) is 22.7 Å². The number of aromatic nitrogens is 2. The summed E-state index contributed by atoms with van der Waals surface area (Å²) in [7, 11) is 0. The van der Waals surface area contributed by atoms with Crippen LogP contribution in [0.4, 0.5) is 0 Å². The predicted molar refractivity (Wildman–Crippen MR) is 84.2 cm³/mol. The van der Waals surface area contributed by atoms with Crippen LogP contribution in [0.2, 0.25) is 0 Å². The summed E-state index contributed by atoms with van der Waals surface area (Å²) in [6, 6.07) is 10.8. The number of hydrogen-bond acceptors (Lipinski definition) is 5. The van der Waals surface area contributed by atoms with Gasteiger partial charge in [0.1, 0.15) is 0 Å². The lowest BCUT2D eigenvalue weighted by atomic mass is 10.1. The van der Waals surface area contributed by atoms with Crippen LogP contribution in [0.25, 0.3) is 0 Å². The molecule has 0 aliphatic heterocycles. The van der Waals surface area contributed by atoms with Crippen molar-refractivity contribution < 1.29 is 4.52 Å². The second kappa shape index (κ2) is 7.09. The third kappa shape index (κ3) is 4.32. The molecule has 4 nitrogen and oxygen atoms in total. The molecule has 2 aromatic rings. The third-order valence-electron chi connectivity index (χ3n) is 3.67. The molecule has 0 radical (unpaired) electrons. The maximum absolute atomic E-state index is 5.39. The highest BCUT2D eigenvalue weighted by Crippen LogP contribution is 2.34. The van der Waals surface area contributed by atoms with Crippen molar-refractivity contribution >= 4 is 11.8 Å². The maximum atomic E-state index is 5.39. The normalized spacial score (nSPS) is 16.0. The molecule has 1 aliphatic rings. The van der Waals surface area contributed by atoms with Gasteiger partial charge in [0, 0.05) is 17.4 Å². The van der Waals surface area contributed by atoms with Crippen LogP contribution in [0.3, 0.4) is 0 Å². The molecular formula is C16H21N3OS. The van der Waals surface area contributed by atoms with Crippen molar-refractivity contribution in [2.45, 2.75) is 42.9 Å². The van der Waals surface area contributed by atoms with Crippen LogP contribution >= 0.6 is 11.8 Å². The lowest BCUT2D eigenvalue weighted by Gasteiger charge is -2.14. The molecule has 1 N–H and O–H groups in total. The van der Waals surface area contributed by atoms with E-state index in [4.69, 9.17) is 4.52 Å². The summed E-state index contributed by atoms with van der Waals surface area (Å²) in [6.45, 7) is 3.14. The van der Waals surface area contributed by atoms with E-state index in [1.807, 2.05) is 18.2 Å². The Morgan fingerprint density at radius 1 is 1.33 bits per heavy atom. The average Bonchev–Trinajstić information content (AvgIpc) is 3.27. The van der Waals surface area contributed by atoms with Crippen molar-refractivity contribution in [1.82, 2.24) is 15.5 Å². The van der Waals surface area contributed by atoms with Gasteiger partial charge in [-0.05, 0) is 37.4 Å². The standard InChI is InChI=1S/C16H21N3OS/c1-2-17-14(12-8-9-12)10-16-18-15(19-20-16)11-21-13-6-4-3-5-7-13/h3-7,12,14,17H,2,8-11H2,1H3. The summed E-state index contributed by atoms with van der Waals surface area (Å²) >= 11 is 1.73. The van der Waals surface area contributed by atoms with Crippen molar-refractivity contribution in [2.24, 2.45) is 5.92 Å². The van der Waals surface area contributed by atoms with Gasteiger partial charge >= 0.3 is 0 Å². The van der Waals surface area contributed by atoms with Gasteiger partial charge < -0.3 is 9.84 Å². The largest absolute Gasteiger partial charge is 0.339 e. The molecule has 1 saturated carbocycles. The second-order valence-corrected chi connectivity index (χ2v) is 6.46. The van der Waals surface area contributed by atoms with E-state index in [2.05, 4.69) is 34.5 Å². The maximum Gasteiger partial charge on any atom is 0.228 e. The first-order valence-corrected chi connectivity index (χ1v) is 8.56. The monoisotopic (exact) mass is 303 g/mol. The third-order valence-corrected chi connectivity index (χ3v) is 4.68. The Balaban J connectivity index is 1.53. The van der Waals surface area contributed by atoms with Gasteiger partial charge in [-0.25, -0.2) is 0 Å². The molecule has 5 heteroatoms. The van der Waals surface area contributed by atoms with E-state index in [1.54, 1.807) is 11.8 Å². The minimum Gasteiger partial charge on any atom is -0.339 e. The Morgan fingerprint density at radius 2 is 2.14 bits per heavy atom. The summed E-state index contributed by atoms with van der Waals surface area (Å²) in [4.78, 5) is 5.75. The van der Waals surface area contributed by atoms with E-state index in [1.165, 1.54) is 17.7 Å². The minimum absolute atomic E-state index is 0.491. The fraction of sp³-hybridized carbons (Fsp3) is 0.500. The number of hydrogen-bond donors (Lipinski definition) is 1. The molecule has 0 saturated heterocycles. The zero-order chi connectivity index (χ0) is 14.5. The highest BCUT2D eigenvalue weighted by molar-refractivity contribution is 7.98. The van der Waals surface area contributed by atoms with Crippen LogP contribution in [0.5, 0.6) is 0 Å². The van der Waals surface area contributed by atoms with Crippen LogP contribution in [0, 0.1) is 5.92 Å². The number of nitrogens with zero attached hydrogens (tertiary/aromatic N) is 2. The Morgan fingerprint density at radius 3 is 2.86 bits per heavy atom. The quantitative estimate of drug-likeness (QED) is 0.758. The van der Waals surface area contributed by atoms with Crippen molar-refractivity contribution in [2.75, 3.05) is 6.54 Å². The zero-order valence-corrected chi connectivity index (χ0v) is 13.1. The molecule has 1 fully saturated rings. The number of benzene rings is 1. The van der Waals surface area contributed by atoms with Gasteiger partial charge in [-0.2, -0.15) is 4.98 Å². The Kier molecular flexibility index (Phi) is 4.93. The first-order valence-electron chi connectivity index (χ1n) is 7.58. The summed E-state index contributed by atoms with van der Waals surface area (Å²) in [6.07, 6.45) is 3.49. The fourth-order valence-electron chi connectivity index (χ4n) is 2.45. The summed E-state index contributed by atoms with van der Waals surface area (Å²) in [5.74, 6) is 3.09. The summed E-state index contributed by atoms with van der Waals surface area (Å²) < 4.78 is 5.39. The van der Waals surface area contributed by atoms with Gasteiger partial charge in [0.05, 0.1) is 5.75 Å². The van der Waals surface area contributed by atoms with E-state index in [0.29, 0.717) is 6.04 Å². The van der Waals surface area contributed by atoms with Crippen LogP contribution in [0.1, 0.15) is 31.5 Å². The van der Waals surface area contributed by atoms with Gasteiger partial charge in [0.2, 0.25) is 5.89 Å². The molecule has 1 aromatic heterocycles. The van der Waals surface area contributed by atoms with Crippen molar-refractivity contribution in [3.05, 3.63) is 42.0 Å². The average molecular weight is 303 g/mol. The molecule has 1 atom stereocenters. The molecule has 1 aromatic carbocycles. The zero-order valence-electron chi connectivity index (χ0n) is 12.3. The van der Waals surface area contributed by atoms with Gasteiger partial charge in [0.15, 0.2) is 5.82 Å². The van der Waals surface area contributed by atoms with Gasteiger partial charge in [0.25, 0.3) is 0 Å². The summed E-state index contributed by atoms with van der Waals surface area (Å²) in [5, 5.41) is 7.62. The van der Waals surface area contributed by atoms with E-state index < -0.39 is 0 Å². The molecule has 1 aliphatic carbocycles. The number of thioether (sulfide) groups is 1. The minimum atomic E-state index is 0.491. The van der Waals surface area contributed by atoms with Gasteiger partial charge in [-0.1, -0.05) is 30.3 Å². The first kappa shape index (κ1) is 14.6. The van der Waals surface area contributed by atoms with Crippen LogP contribution < -0.4 is 5.32 Å². The lowest BCUT2D eigenvalue weighted by Crippen LogP contribution is -2.33. The Labute approximate surface area is 129 Å². The first-order chi connectivity index (χ1) is 10.3. The van der Waals surface area contributed by atoms with Crippen LogP contribution in [-0.2, 0) is 12.2 Å². The molecule has 0 spiro atoms. The van der Waals surface area contributed by atoms with E-state index in [-0.39, 0.29) is 0 Å². The molecular weight excluding hydrogens is 282 g/mol. The van der Waals surface area contributed by atoms with Crippen molar-refractivity contribution in [3.63, 3.8) is 0 Å². The Bertz CT molecular complexity index is 554. The molecule has 1 heterocycles. The molecule has 3 rings (SSSR count). The highest BCUT2D eigenvalue weighted by atomic mass is 32.2. The number of likely N-dealkylation sites (N-methyl/N-ethyl adjacent to an activating group) is 1. The van der Waals surface area contributed by atoms with Crippen LogP contribution in [0.15, 0.2) is 39.8 Å². The molecule has 0 amide bonds. The smallest absolute Gasteiger partial charge is 0.228 e. The SMILES string of the molecule is CCNC(Cc1nc(CSc2ccccc2)no1)C1CC1. The second-order valence-electron chi connectivity index (χ2n) is 5.41. The van der Waals surface area contributed by atoms with E-state index >= 15 is 0 Å². The Hall–Kier alpha value is -1.33. The van der Waals surface area contributed by atoms with E-state index in [0.717, 1.165) is 36.4 Å². The van der Waals surface area contributed by atoms with Gasteiger partial charge in [-0.3, -0.25) is 0 Å². The topological polar surface area (TPSA) is 51.0 Å². The predicted octanol–water partition coefficient (Wildman–Crippen LogP) is 3.29. The highest BCUT2D eigenvalue weighted by Gasteiger charge is 2.31. The number of rotatable bonds is 8. The molecule has 1 unspecified atom stereocenters. The molecule has 0 bridgehead atoms. The van der Waals surface area contributed by atoms with Gasteiger partial charge in [-0.15, -0.1) is 11.8 Å². The molecule has 112 valence electrons. The number of nitrogens with one attached hydrogen (secondary N) is 1. The molecule has 21 heavy (non-hydrogen) atoms. The van der Waals surface area contributed by atoms with Crippen molar-refractivity contribution in [1.29, 1.82) is 0 Å². The lowest BCUT2D eigenvalue weighted by molar-refractivity contribution is 0.345. The summed E-state index contributed by atoms with van der Waals surface area (Å²) in [5.41, 5.74) is 0. The fourth-order valence-corrected chi connectivity index (χ4v) is 3.21.